The smallest absolute Gasteiger partial charge is 0.549 e. The average molecular weight is 321 g/mol. The summed E-state index contributed by atoms with van der Waals surface area (Å²) >= 11 is 0. The van der Waals surface area contributed by atoms with Crippen molar-refractivity contribution < 1.29 is 66.1 Å². The van der Waals surface area contributed by atoms with Gasteiger partial charge in [-0.05, 0) is 31.9 Å². The van der Waals surface area contributed by atoms with E-state index >= 15 is 0 Å². The van der Waals surface area contributed by atoms with Gasteiger partial charge in [0.2, 0.25) is 5.78 Å². The van der Waals surface area contributed by atoms with Gasteiger partial charge in [0.05, 0.1) is 11.7 Å². The van der Waals surface area contributed by atoms with Crippen LogP contribution in [0.1, 0.15) is 46.1 Å². The van der Waals surface area contributed by atoms with Crippen LogP contribution in [0.4, 0.5) is 0 Å². The number of aryl methyl sites for hydroxylation is 1. The zero-order chi connectivity index (χ0) is 15.0. The largest absolute Gasteiger partial charge is 1.00 e. The van der Waals surface area contributed by atoms with Gasteiger partial charge in [0.25, 0.3) is 0 Å². The number of rotatable bonds is 3. The van der Waals surface area contributed by atoms with Gasteiger partial charge in [-0.1, -0.05) is 29.8 Å². The second kappa shape index (κ2) is 7.23. The predicted molar refractivity (Wildman–Crippen MR) is 76.0 cm³/mol. The van der Waals surface area contributed by atoms with Crippen LogP contribution in [0.15, 0.2) is 36.4 Å². The Labute approximate surface area is 171 Å². The van der Waals surface area contributed by atoms with E-state index in [1.165, 1.54) is 0 Å². The third-order valence-electron chi connectivity index (χ3n) is 4.08. The summed E-state index contributed by atoms with van der Waals surface area (Å²) in [5, 5.41) is 11.2. The Kier molecular flexibility index (Phi) is 5.79. The van der Waals surface area contributed by atoms with Crippen LogP contribution < -0.4 is 56.5 Å². The van der Waals surface area contributed by atoms with E-state index in [9.17, 15) is 14.7 Å². The molecule has 5 heteroatoms. The summed E-state index contributed by atoms with van der Waals surface area (Å²) in [4.78, 5) is 23.8. The molecule has 1 unspecified atom stereocenters. The summed E-state index contributed by atoms with van der Waals surface area (Å²) in [6, 6.07) is 10.9. The molecule has 22 heavy (non-hydrogen) atoms. The molecule has 2 aromatic rings. The quantitative estimate of drug-likeness (QED) is 0.519. The minimum atomic E-state index is -1.07. The van der Waals surface area contributed by atoms with Gasteiger partial charge in [-0.2, -0.15) is 0 Å². The maximum Gasteiger partial charge on any atom is 1.00 e. The summed E-state index contributed by atoms with van der Waals surface area (Å²) in [5.41, 5.74) is 2.95. The van der Waals surface area contributed by atoms with Crippen molar-refractivity contribution >= 4 is 11.8 Å². The number of carbonyl (C=O) groups is 2. The van der Waals surface area contributed by atoms with Crippen molar-refractivity contribution in [3.05, 3.63) is 58.9 Å². The van der Waals surface area contributed by atoms with Gasteiger partial charge in [-0.15, -0.1) is 0 Å². The number of benzene rings is 1. The fraction of sp³-hybridized carbons (Fsp3) is 0.294. The molecule has 2 heterocycles. The molecule has 0 spiro atoms. The minimum Gasteiger partial charge on any atom is -0.549 e. The van der Waals surface area contributed by atoms with Crippen LogP contribution in [0, 0.1) is 6.92 Å². The Morgan fingerprint density at radius 3 is 2.45 bits per heavy atom. The molecular weight excluding hydrogens is 305 g/mol. The predicted octanol–water partition coefficient (Wildman–Crippen LogP) is -1.34. The van der Waals surface area contributed by atoms with Crippen LogP contribution in [-0.2, 0) is 11.3 Å². The van der Waals surface area contributed by atoms with Crippen LogP contribution in [0.25, 0.3) is 0 Å². The number of carbonyl (C=O) groups excluding carboxylic acids is 2. The zero-order valence-corrected chi connectivity index (χ0v) is 16.0. The molecule has 108 valence electrons. The molecule has 3 rings (SSSR count). The van der Waals surface area contributed by atoms with Crippen LogP contribution in [0.3, 0.4) is 0 Å². The van der Waals surface area contributed by atoms with Gasteiger partial charge >= 0.3 is 51.4 Å². The average Bonchev–Trinajstić information content (AvgIpc) is 2.90. The monoisotopic (exact) mass is 321 g/mol. The second-order valence-corrected chi connectivity index (χ2v) is 5.50. The van der Waals surface area contributed by atoms with E-state index in [4.69, 9.17) is 0 Å². The Morgan fingerprint density at radius 1 is 1.14 bits per heavy atom. The van der Waals surface area contributed by atoms with Gasteiger partial charge < -0.3 is 14.5 Å². The van der Waals surface area contributed by atoms with Crippen LogP contribution in [0.5, 0.6) is 0 Å². The van der Waals surface area contributed by atoms with Gasteiger partial charge in [-0.3, -0.25) is 4.79 Å². The summed E-state index contributed by atoms with van der Waals surface area (Å²) in [5.74, 6) is -1.75. The van der Waals surface area contributed by atoms with Gasteiger partial charge in [-0.25, -0.2) is 0 Å². The molecule has 0 bridgehead atoms. The summed E-state index contributed by atoms with van der Waals surface area (Å²) in [6.45, 7) is 2.65. The van der Waals surface area contributed by atoms with Gasteiger partial charge in [0.1, 0.15) is 0 Å². The SMILES string of the molecule is Cc1ccc(C(=O)c2ccc3n2CCCC3C(=O)[O-])cc1.[K+]. The molecule has 0 amide bonds. The van der Waals surface area contributed by atoms with E-state index in [0.717, 1.165) is 12.0 Å². The third kappa shape index (κ3) is 3.28. The first-order valence-corrected chi connectivity index (χ1v) is 7.09. The Morgan fingerprint density at radius 2 is 1.82 bits per heavy atom. The van der Waals surface area contributed by atoms with E-state index in [1.807, 2.05) is 23.6 Å². The number of nitrogens with zero attached hydrogens (tertiary/aromatic N) is 1. The summed E-state index contributed by atoms with van der Waals surface area (Å²) in [7, 11) is 0. The molecule has 0 saturated heterocycles. The first kappa shape index (κ1) is 17.6. The second-order valence-electron chi connectivity index (χ2n) is 5.50. The Bertz CT molecular complexity index is 703. The van der Waals surface area contributed by atoms with E-state index in [1.54, 1.807) is 24.3 Å². The molecule has 0 fully saturated rings. The van der Waals surface area contributed by atoms with E-state index in [2.05, 4.69) is 0 Å². The summed E-state index contributed by atoms with van der Waals surface area (Å²) < 4.78 is 1.83. The van der Waals surface area contributed by atoms with E-state index < -0.39 is 11.9 Å². The maximum atomic E-state index is 12.6. The molecule has 0 aliphatic carbocycles. The molecule has 0 radical (unpaired) electrons. The fourth-order valence-electron chi connectivity index (χ4n) is 2.93. The van der Waals surface area contributed by atoms with Crippen LogP contribution in [0.2, 0.25) is 0 Å². The molecule has 0 N–H and O–H groups in total. The number of hydrogen-bond acceptors (Lipinski definition) is 3. The number of carboxylic acids is 1. The van der Waals surface area contributed by atoms with Crippen molar-refractivity contribution in [3.8, 4) is 0 Å². The van der Waals surface area contributed by atoms with Crippen molar-refractivity contribution in [3.63, 3.8) is 0 Å². The van der Waals surface area contributed by atoms with Gasteiger partial charge in [0.15, 0.2) is 0 Å². The summed E-state index contributed by atoms with van der Waals surface area (Å²) in [6.07, 6.45) is 1.32. The molecule has 1 aliphatic rings. The van der Waals surface area contributed by atoms with Gasteiger partial charge in [0, 0.05) is 23.7 Å². The number of aliphatic carboxylic acids is 1. The Hall–Kier alpha value is -0.724. The molecule has 4 nitrogen and oxygen atoms in total. The topological polar surface area (TPSA) is 62.1 Å². The number of ketones is 1. The molecule has 1 aromatic heterocycles. The third-order valence-corrected chi connectivity index (χ3v) is 4.08. The van der Waals surface area contributed by atoms with Crippen LogP contribution >= 0.6 is 0 Å². The maximum absolute atomic E-state index is 12.6. The Balaban J connectivity index is 0.00000176. The molecule has 1 aromatic carbocycles. The van der Waals surface area contributed by atoms with E-state index in [0.29, 0.717) is 29.9 Å². The van der Waals surface area contributed by atoms with E-state index in [-0.39, 0.29) is 57.2 Å². The molecule has 0 saturated carbocycles. The fourth-order valence-corrected chi connectivity index (χ4v) is 2.93. The van der Waals surface area contributed by atoms with Crippen molar-refractivity contribution in [2.24, 2.45) is 0 Å². The van der Waals surface area contributed by atoms with Crippen molar-refractivity contribution in [2.45, 2.75) is 32.2 Å². The number of hydrogen-bond donors (Lipinski definition) is 0. The van der Waals surface area contributed by atoms with Crippen molar-refractivity contribution in [1.29, 1.82) is 0 Å². The zero-order valence-electron chi connectivity index (χ0n) is 12.8. The number of carboxylic acid groups (broad SMARTS) is 1. The van der Waals surface area contributed by atoms with Crippen LogP contribution in [-0.4, -0.2) is 16.3 Å². The first-order valence-electron chi connectivity index (χ1n) is 7.09. The minimum absolute atomic E-state index is 0. The number of fused-ring (bicyclic) bond motifs is 1. The van der Waals surface area contributed by atoms with Crippen molar-refractivity contribution in [1.82, 2.24) is 4.57 Å². The first-order chi connectivity index (χ1) is 10.1. The molecular formula is C17H16KNO3. The molecule has 1 atom stereocenters. The normalized spacial score (nSPS) is 16.5. The number of aromatic nitrogens is 1. The standard InChI is InChI=1S/C17H17NO3.K/c1-11-4-6-12(7-5-11)16(19)15-9-8-14-13(17(20)21)3-2-10-18(14)15;/h4-9,13H,2-3,10H2,1H3,(H,20,21);/q;+1/p-1. The van der Waals surface area contributed by atoms with Crippen molar-refractivity contribution in [2.75, 3.05) is 0 Å². The molecule has 1 aliphatic heterocycles.